The Labute approximate surface area is 185 Å². The Hall–Kier alpha value is 0.137. The summed E-state index contributed by atoms with van der Waals surface area (Å²) in [5, 5.41) is 0. The van der Waals surface area contributed by atoms with Crippen LogP contribution in [0.15, 0.2) is 0 Å². The van der Waals surface area contributed by atoms with E-state index in [0.717, 1.165) is 6.61 Å². The largest absolute Gasteiger partial charge is 0.403 e. The molecule has 1 unspecified atom stereocenters. The highest BCUT2D eigenvalue weighted by molar-refractivity contribution is 6.70. The quantitative estimate of drug-likeness (QED) is 0.134. The molecule has 1 rings (SSSR count). The van der Waals surface area contributed by atoms with Crippen LogP contribution in [0.2, 0.25) is 12.6 Å². The van der Waals surface area contributed by atoms with Gasteiger partial charge in [0, 0.05) is 6.61 Å². The third kappa shape index (κ3) is 13.9. The molecule has 1 saturated heterocycles. The lowest BCUT2D eigenvalue weighted by Crippen LogP contribution is -2.49. The maximum Gasteiger partial charge on any atom is 0.268 e. The summed E-state index contributed by atoms with van der Waals surface area (Å²) >= 11 is 0. The molecule has 1 atom stereocenters. The van der Waals surface area contributed by atoms with E-state index < -0.39 is 8.48 Å². The molecule has 0 N–H and O–H groups in total. The van der Waals surface area contributed by atoms with Crippen molar-refractivity contribution in [2.75, 3.05) is 19.7 Å². The molecular formula is C26H55NOSi. The van der Waals surface area contributed by atoms with Crippen molar-refractivity contribution in [2.45, 2.75) is 148 Å². The van der Waals surface area contributed by atoms with E-state index in [2.05, 4.69) is 25.0 Å². The predicted molar refractivity (Wildman–Crippen MR) is 133 cm³/mol. The Morgan fingerprint density at radius 2 is 1.03 bits per heavy atom. The molecule has 2 nitrogen and oxygen atoms in total. The molecule has 1 aliphatic rings. The van der Waals surface area contributed by atoms with Gasteiger partial charge in [0.05, 0.1) is 0 Å². The van der Waals surface area contributed by atoms with Crippen LogP contribution in [0.3, 0.4) is 0 Å². The van der Waals surface area contributed by atoms with E-state index in [1.807, 2.05) is 0 Å². The normalized spacial score (nSPS) is 20.0. The van der Waals surface area contributed by atoms with Crippen molar-refractivity contribution in [1.29, 1.82) is 0 Å². The minimum Gasteiger partial charge on any atom is -0.403 e. The van der Waals surface area contributed by atoms with Gasteiger partial charge in [-0.05, 0) is 45.4 Å². The van der Waals surface area contributed by atoms with Crippen LogP contribution in [0.5, 0.6) is 0 Å². The lowest BCUT2D eigenvalue weighted by atomic mass is 10.0. The Morgan fingerprint density at radius 1 is 0.621 bits per heavy atom. The van der Waals surface area contributed by atoms with Crippen molar-refractivity contribution in [3.63, 3.8) is 0 Å². The van der Waals surface area contributed by atoms with Gasteiger partial charge >= 0.3 is 0 Å². The van der Waals surface area contributed by atoms with Crippen LogP contribution in [-0.2, 0) is 4.43 Å². The summed E-state index contributed by atoms with van der Waals surface area (Å²) in [7, 11) is -1.49. The minimum atomic E-state index is -1.49. The molecule has 0 spiro atoms. The number of rotatable bonds is 21. The summed E-state index contributed by atoms with van der Waals surface area (Å²) in [4.78, 5) is 0. The molecule has 1 aliphatic heterocycles. The van der Waals surface area contributed by atoms with Gasteiger partial charge in [-0.15, -0.1) is 0 Å². The molecule has 0 aromatic heterocycles. The van der Waals surface area contributed by atoms with Gasteiger partial charge in [0.25, 0.3) is 8.48 Å². The zero-order valence-corrected chi connectivity index (χ0v) is 21.6. The lowest BCUT2D eigenvalue weighted by Gasteiger charge is -2.32. The SMILES string of the molecule is CCCCCCCCCCCCCCCCCCCCN1CCC[Si]1(C)OCC. The second-order valence-corrected chi connectivity index (χ2v) is 13.5. The van der Waals surface area contributed by atoms with E-state index in [-0.39, 0.29) is 0 Å². The van der Waals surface area contributed by atoms with Crippen molar-refractivity contribution in [1.82, 2.24) is 4.57 Å². The summed E-state index contributed by atoms with van der Waals surface area (Å²) in [6.07, 6.45) is 27.6. The summed E-state index contributed by atoms with van der Waals surface area (Å²) in [6, 6.07) is 1.35. The van der Waals surface area contributed by atoms with Crippen molar-refractivity contribution in [3.8, 4) is 0 Å². The first-order chi connectivity index (χ1) is 14.2. The number of hydrogen-bond donors (Lipinski definition) is 0. The van der Waals surface area contributed by atoms with Crippen LogP contribution >= 0.6 is 0 Å². The average molecular weight is 426 g/mol. The van der Waals surface area contributed by atoms with E-state index in [1.165, 1.54) is 141 Å². The zero-order chi connectivity index (χ0) is 21.0. The second kappa shape index (κ2) is 18.9. The zero-order valence-electron chi connectivity index (χ0n) is 20.6. The van der Waals surface area contributed by atoms with E-state index in [0.29, 0.717) is 0 Å². The van der Waals surface area contributed by atoms with E-state index >= 15 is 0 Å². The van der Waals surface area contributed by atoms with Gasteiger partial charge in [-0.3, -0.25) is 0 Å². The van der Waals surface area contributed by atoms with Gasteiger partial charge in [0.1, 0.15) is 0 Å². The minimum absolute atomic E-state index is 0.901. The average Bonchev–Trinajstić information content (AvgIpc) is 3.07. The first-order valence-electron chi connectivity index (χ1n) is 13.6. The second-order valence-electron chi connectivity index (χ2n) is 9.71. The predicted octanol–water partition coefficient (Wildman–Crippen LogP) is 8.84. The molecule has 0 aromatic carbocycles. The third-order valence-corrected chi connectivity index (χ3v) is 11.0. The van der Waals surface area contributed by atoms with Crippen molar-refractivity contribution in [3.05, 3.63) is 0 Å². The highest BCUT2D eigenvalue weighted by atomic mass is 28.4. The fourth-order valence-electron chi connectivity index (χ4n) is 5.02. The molecule has 0 aliphatic carbocycles. The highest BCUT2D eigenvalue weighted by Crippen LogP contribution is 2.27. The van der Waals surface area contributed by atoms with E-state index in [4.69, 9.17) is 4.43 Å². The Kier molecular flexibility index (Phi) is 17.7. The molecule has 1 fully saturated rings. The molecule has 0 radical (unpaired) electrons. The topological polar surface area (TPSA) is 12.5 Å². The highest BCUT2D eigenvalue weighted by Gasteiger charge is 2.40. The molecule has 0 aromatic rings. The van der Waals surface area contributed by atoms with Crippen LogP contribution in [0.1, 0.15) is 136 Å². The van der Waals surface area contributed by atoms with Gasteiger partial charge in [-0.1, -0.05) is 116 Å². The van der Waals surface area contributed by atoms with Gasteiger partial charge < -0.3 is 8.99 Å². The smallest absolute Gasteiger partial charge is 0.268 e. The van der Waals surface area contributed by atoms with E-state index in [1.54, 1.807) is 0 Å². The number of unbranched alkanes of at least 4 members (excludes halogenated alkanes) is 17. The molecule has 29 heavy (non-hydrogen) atoms. The standard InChI is InChI=1S/C26H55NOSi/c1-4-6-7-8-9-10-11-12-13-14-15-16-17-18-19-20-21-22-24-27-25-23-26-29(27,3)28-5-2/h4-26H2,1-3H3. The van der Waals surface area contributed by atoms with Crippen LogP contribution in [0.25, 0.3) is 0 Å². The van der Waals surface area contributed by atoms with Gasteiger partial charge in [0.2, 0.25) is 0 Å². The van der Waals surface area contributed by atoms with E-state index in [9.17, 15) is 0 Å². The van der Waals surface area contributed by atoms with Gasteiger partial charge in [-0.2, -0.15) is 0 Å². The number of nitrogens with zero attached hydrogens (tertiary/aromatic N) is 1. The molecule has 0 bridgehead atoms. The number of hydrogen-bond acceptors (Lipinski definition) is 2. The molecule has 0 saturated carbocycles. The summed E-state index contributed by atoms with van der Waals surface area (Å²) in [5.41, 5.74) is 0. The van der Waals surface area contributed by atoms with Gasteiger partial charge in [-0.25, -0.2) is 0 Å². The van der Waals surface area contributed by atoms with Crippen LogP contribution < -0.4 is 0 Å². The van der Waals surface area contributed by atoms with Gasteiger partial charge in [0.15, 0.2) is 0 Å². The molecule has 0 amide bonds. The lowest BCUT2D eigenvalue weighted by molar-refractivity contribution is 0.267. The van der Waals surface area contributed by atoms with Crippen molar-refractivity contribution < 1.29 is 4.43 Å². The monoisotopic (exact) mass is 425 g/mol. The van der Waals surface area contributed by atoms with Crippen LogP contribution in [0.4, 0.5) is 0 Å². The van der Waals surface area contributed by atoms with Crippen molar-refractivity contribution >= 4 is 8.48 Å². The molecule has 1 heterocycles. The first-order valence-corrected chi connectivity index (χ1v) is 16.2. The van der Waals surface area contributed by atoms with Crippen LogP contribution in [0, 0.1) is 0 Å². The fraction of sp³-hybridized carbons (Fsp3) is 1.00. The third-order valence-electron chi connectivity index (χ3n) is 6.97. The Morgan fingerprint density at radius 3 is 1.45 bits per heavy atom. The maximum absolute atomic E-state index is 6.16. The first kappa shape index (κ1) is 27.2. The maximum atomic E-state index is 6.16. The molecule has 3 heteroatoms. The summed E-state index contributed by atoms with van der Waals surface area (Å²) < 4.78 is 8.88. The molecule has 174 valence electrons. The Balaban J connectivity index is 1.76. The molecular weight excluding hydrogens is 370 g/mol. The van der Waals surface area contributed by atoms with Crippen molar-refractivity contribution in [2.24, 2.45) is 0 Å². The summed E-state index contributed by atoms with van der Waals surface area (Å²) in [6.45, 7) is 10.4. The fourth-order valence-corrected chi connectivity index (χ4v) is 8.36. The summed E-state index contributed by atoms with van der Waals surface area (Å²) in [5.74, 6) is 0. The Bertz CT molecular complexity index is 352. The van der Waals surface area contributed by atoms with Crippen LogP contribution in [-0.4, -0.2) is 32.7 Å².